The minimum Gasteiger partial charge on any atom is -0.387 e. The van der Waals surface area contributed by atoms with Gasteiger partial charge in [-0.3, -0.25) is 4.79 Å². The topological polar surface area (TPSA) is 65.5 Å². The maximum atomic E-state index is 12.9. The first kappa shape index (κ1) is 15.9. The fourth-order valence-corrected chi connectivity index (χ4v) is 2.15. The molecule has 6 heteroatoms. The number of aromatic nitrogens is 1. The van der Waals surface area contributed by atoms with E-state index in [9.17, 15) is 14.3 Å². The third-order valence-corrected chi connectivity index (χ3v) is 3.32. The third kappa shape index (κ3) is 3.59. The van der Waals surface area contributed by atoms with E-state index in [1.54, 1.807) is 37.3 Å². The highest BCUT2D eigenvalue weighted by atomic mass is 19.1. The average Bonchev–Trinajstić information content (AvgIpc) is 2.54. The van der Waals surface area contributed by atoms with Gasteiger partial charge in [-0.15, -0.1) is 0 Å². The molecular formula is C16H18FN3O2. The monoisotopic (exact) mass is 303 g/mol. The summed E-state index contributed by atoms with van der Waals surface area (Å²) in [7, 11) is 3.29. The summed E-state index contributed by atoms with van der Waals surface area (Å²) in [5.41, 5.74) is 1.03. The molecule has 1 aromatic carbocycles. The van der Waals surface area contributed by atoms with Crippen LogP contribution in [-0.4, -0.2) is 36.6 Å². The number of nitrogens with one attached hydrogen (secondary N) is 1. The lowest BCUT2D eigenvalue weighted by Gasteiger charge is -2.23. The van der Waals surface area contributed by atoms with E-state index in [4.69, 9.17) is 0 Å². The molecule has 0 aliphatic carbocycles. The SMILES string of the molecule is CNC(=O)c1cccnc1N(C)CC(O)c1ccc(F)cc1. The highest BCUT2D eigenvalue weighted by Gasteiger charge is 2.17. The van der Waals surface area contributed by atoms with Gasteiger partial charge in [0, 0.05) is 26.8 Å². The highest BCUT2D eigenvalue weighted by Crippen LogP contribution is 2.20. The van der Waals surface area contributed by atoms with Crippen LogP contribution in [0.4, 0.5) is 10.2 Å². The van der Waals surface area contributed by atoms with Crippen molar-refractivity contribution >= 4 is 11.7 Å². The van der Waals surface area contributed by atoms with E-state index in [-0.39, 0.29) is 18.3 Å². The van der Waals surface area contributed by atoms with Gasteiger partial charge in [0.15, 0.2) is 0 Å². The summed E-state index contributed by atoms with van der Waals surface area (Å²) < 4.78 is 12.9. The largest absolute Gasteiger partial charge is 0.387 e. The van der Waals surface area contributed by atoms with Crippen LogP contribution in [0.1, 0.15) is 22.0 Å². The molecule has 0 radical (unpaired) electrons. The number of anilines is 1. The Morgan fingerprint density at radius 3 is 2.68 bits per heavy atom. The molecule has 5 nitrogen and oxygen atoms in total. The van der Waals surface area contributed by atoms with Crippen molar-refractivity contribution in [3.63, 3.8) is 0 Å². The molecule has 0 aliphatic heterocycles. The van der Waals surface area contributed by atoms with Crippen LogP contribution in [0.25, 0.3) is 0 Å². The van der Waals surface area contributed by atoms with Crippen molar-refractivity contribution in [1.82, 2.24) is 10.3 Å². The van der Waals surface area contributed by atoms with E-state index in [0.29, 0.717) is 16.9 Å². The summed E-state index contributed by atoms with van der Waals surface area (Å²) in [6.07, 6.45) is 0.771. The van der Waals surface area contributed by atoms with Crippen LogP contribution in [0.5, 0.6) is 0 Å². The molecule has 1 unspecified atom stereocenters. The first-order valence-electron chi connectivity index (χ1n) is 6.84. The molecule has 22 heavy (non-hydrogen) atoms. The molecule has 0 bridgehead atoms. The van der Waals surface area contributed by atoms with Gasteiger partial charge >= 0.3 is 0 Å². The average molecular weight is 303 g/mol. The number of hydrogen-bond acceptors (Lipinski definition) is 4. The molecule has 1 heterocycles. The highest BCUT2D eigenvalue weighted by molar-refractivity contribution is 5.98. The molecule has 2 aromatic rings. The zero-order chi connectivity index (χ0) is 16.1. The molecule has 0 saturated carbocycles. The number of aliphatic hydroxyl groups is 1. The lowest BCUT2D eigenvalue weighted by molar-refractivity contribution is 0.0963. The smallest absolute Gasteiger partial charge is 0.254 e. The number of halogens is 1. The Hall–Kier alpha value is -2.47. The third-order valence-electron chi connectivity index (χ3n) is 3.32. The Labute approximate surface area is 128 Å². The zero-order valence-electron chi connectivity index (χ0n) is 12.5. The fraction of sp³-hybridized carbons (Fsp3) is 0.250. The fourth-order valence-electron chi connectivity index (χ4n) is 2.15. The van der Waals surface area contributed by atoms with E-state index in [2.05, 4.69) is 10.3 Å². The van der Waals surface area contributed by atoms with Gasteiger partial charge in [0.25, 0.3) is 5.91 Å². The van der Waals surface area contributed by atoms with E-state index < -0.39 is 6.10 Å². The minimum absolute atomic E-state index is 0.229. The second-order valence-corrected chi connectivity index (χ2v) is 4.90. The summed E-state index contributed by atoms with van der Waals surface area (Å²) in [6.45, 7) is 0.229. The number of benzene rings is 1. The van der Waals surface area contributed by atoms with Gasteiger partial charge in [0.1, 0.15) is 11.6 Å². The number of carbonyl (C=O) groups is 1. The maximum absolute atomic E-state index is 12.9. The van der Waals surface area contributed by atoms with Crippen LogP contribution in [-0.2, 0) is 0 Å². The van der Waals surface area contributed by atoms with Crippen LogP contribution in [0.15, 0.2) is 42.6 Å². The molecule has 1 aromatic heterocycles. The lowest BCUT2D eigenvalue weighted by Crippen LogP contribution is -2.28. The number of pyridine rings is 1. The number of amides is 1. The van der Waals surface area contributed by atoms with Crippen LogP contribution in [0.2, 0.25) is 0 Å². The van der Waals surface area contributed by atoms with Gasteiger partial charge in [0.2, 0.25) is 0 Å². The van der Waals surface area contributed by atoms with E-state index >= 15 is 0 Å². The first-order chi connectivity index (χ1) is 10.5. The first-order valence-corrected chi connectivity index (χ1v) is 6.84. The van der Waals surface area contributed by atoms with E-state index in [1.807, 2.05) is 0 Å². The van der Waals surface area contributed by atoms with Crippen molar-refractivity contribution in [3.8, 4) is 0 Å². The quantitative estimate of drug-likeness (QED) is 0.883. The number of hydrogen-bond donors (Lipinski definition) is 2. The van der Waals surface area contributed by atoms with Crippen molar-refractivity contribution in [2.45, 2.75) is 6.10 Å². The molecule has 0 fully saturated rings. The molecule has 1 amide bonds. The van der Waals surface area contributed by atoms with E-state index in [0.717, 1.165) is 0 Å². The number of likely N-dealkylation sites (N-methyl/N-ethyl adjacent to an activating group) is 1. The van der Waals surface area contributed by atoms with Gasteiger partial charge in [-0.1, -0.05) is 12.1 Å². The summed E-state index contributed by atoms with van der Waals surface area (Å²) >= 11 is 0. The Balaban J connectivity index is 2.17. The van der Waals surface area contributed by atoms with Crippen molar-refractivity contribution in [1.29, 1.82) is 0 Å². The van der Waals surface area contributed by atoms with Gasteiger partial charge in [-0.25, -0.2) is 9.37 Å². The Morgan fingerprint density at radius 2 is 2.05 bits per heavy atom. The van der Waals surface area contributed by atoms with Gasteiger partial charge in [0.05, 0.1) is 11.7 Å². The molecule has 0 aliphatic rings. The van der Waals surface area contributed by atoms with Crippen LogP contribution in [0.3, 0.4) is 0 Å². The maximum Gasteiger partial charge on any atom is 0.254 e. The Morgan fingerprint density at radius 1 is 1.36 bits per heavy atom. The summed E-state index contributed by atoms with van der Waals surface area (Å²) in [5.74, 6) is -0.120. The molecule has 116 valence electrons. The minimum atomic E-state index is -0.815. The second kappa shape index (κ2) is 7.00. The summed E-state index contributed by atoms with van der Waals surface area (Å²) in [5, 5.41) is 12.8. The van der Waals surface area contributed by atoms with Crippen molar-refractivity contribution in [2.24, 2.45) is 0 Å². The van der Waals surface area contributed by atoms with Gasteiger partial charge in [-0.2, -0.15) is 0 Å². The number of aliphatic hydroxyl groups excluding tert-OH is 1. The number of carbonyl (C=O) groups excluding carboxylic acids is 1. The zero-order valence-corrected chi connectivity index (χ0v) is 12.5. The lowest BCUT2D eigenvalue weighted by atomic mass is 10.1. The van der Waals surface area contributed by atoms with Crippen LogP contribution >= 0.6 is 0 Å². The number of nitrogens with zero attached hydrogens (tertiary/aromatic N) is 2. The second-order valence-electron chi connectivity index (χ2n) is 4.90. The molecule has 2 N–H and O–H groups in total. The van der Waals surface area contributed by atoms with Crippen molar-refractivity contribution < 1.29 is 14.3 Å². The Kier molecular flexibility index (Phi) is 5.06. The van der Waals surface area contributed by atoms with E-state index in [1.165, 1.54) is 24.3 Å². The van der Waals surface area contributed by atoms with Crippen molar-refractivity contribution in [2.75, 3.05) is 25.5 Å². The van der Waals surface area contributed by atoms with Gasteiger partial charge < -0.3 is 15.3 Å². The Bertz CT molecular complexity index is 646. The molecular weight excluding hydrogens is 285 g/mol. The molecule has 1 atom stereocenters. The summed E-state index contributed by atoms with van der Waals surface area (Å²) in [6, 6.07) is 9.02. The van der Waals surface area contributed by atoms with Gasteiger partial charge in [-0.05, 0) is 29.8 Å². The van der Waals surface area contributed by atoms with Crippen LogP contribution < -0.4 is 10.2 Å². The normalized spacial score (nSPS) is 11.8. The predicted molar refractivity (Wildman–Crippen MR) is 82.3 cm³/mol. The van der Waals surface area contributed by atoms with Crippen molar-refractivity contribution in [3.05, 3.63) is 59.5 Å². The molecule has 0 saturated heterocycles. The van der Waals surface area contributed by atoms with Crippen LogP contribution in [0, 0.1) is 5.82 Å². The summed E-state index contributed by atoms with van der Waals surface area (Å²) in [4.78, 5) is 17.7. The number of rotatable bonds is 5. The molecule has 2 rings (SSSR count). The predicted octanol–water partition coefficient (Wildman–Crippen LogP) is 1.75. The molecule has 0 spiro atoms. The standard InChI is InChI=1S/C16H18FN3O2/c1-18-16(22)13-4-3-9-19-15(13)20(2)10-14(21)11-5-7-12(17)8-6-11/h3-9,14,21H,10H2,1-2H3,(H,18,22).